The first-order chi connectivity index (χ1) is 13.0. The fraction of sp³-hybridized carbons (Fsp3) is 0. The van der Waals surface area contributed by atoms with Crippen molar-refractivity contribution in [1.29, 1.82) is 0 Å². The van der Waals surface area contributed by atoms with Gasteiger partial charge in [0.2, 0.25) is 0 Å². The number of nitrogen functional groups attached to an aromatic ring is 2. The number of pyridine rings is 1. The van der Waals surface area contributed by atoms with E-state index in [0.717, 1.165) is 17.2 Å². The molecule has 3 aromatic rings. The molecule has 136 valence electrons. The monoisotopic (exact) mass is 367 g/mol. The number of hydrogen-bond donors (Lipinski definition) is 4. The van der Waals surface area contributed by atoms with Crippen LogP contribution in [0.5, 0.6) is 0 Å². The van der Waals surface area contributed by atoms with E-state index in [9.17, 15) is 8.78 Å². The summed E-state index contributed by atoms with van der Waals surface area (Å²) in [7, 11) is 0. The first-order valence-corrected chi connectivity index (χ1v) is 7.99. The Morgan fingerprint density at radius 1 is 0.963 bits per heavy atom. The minimum absolute atomic E-state index is 0.0486. The van der Waals surface area contributed by atoms with E-state index in [-0.39, 0.29) is 17.3 Å². The third-order valence-electron chi connectivity index (χ3n) is 4.09. The van der Waals surface area contributed by atoms with Gasteiger partial charge in [-0.15, -0.1) is 10.6 Å². The van der Waals surface area contributed by atoms with E-state index >= 15 is 0 Å². The first kappa shape index (κ1) is 16.7. The maximum Gasteiger partial charge on any atom is 0.184 e. The fourth-order valence-corrected chi connectivity index (χ4v) is 2.78. The first-order valence-electron chi connectivity index (χ1n) is 7.99. The van der Waals surface area contributed by atoms with Gasteiger partial charge in [0.1, 0.15) is 11.5 Å². The normalized spacial score (nSPS) is 13.4. The van der Waals surface area contributed by atoms with Gasteiger partial charge in [-0.05, 0) is 35.9 Å². The van der Waals surface area contributed by atoms with Crippen LogP contribution >= 0.6 is 0 Å². The highest BCUT2D eigenvalue weighted by atomic mass is 19.2. The molecule has 2 aromatic carbocycles. The maximum atomic E-state index is 14.2. The number of nitrogens with zero attached hydrogens (tertiary/aromatic N) is 3. The van der Waals surface area contributed by atoms with E-state index in [1.54, 1.807) is 24.4 Å². The van der Waals surface area contributed by atoms with Crippen LogP contribution in [-0.4, -0.2) is 10.8 Å². The number of hydrogen-bond acceptors (Lipinski definition) is 7. The summed E-state index contributed by atoms with van der Waals surface area (Å²) in [6.45, 7) is 0. The van der Waals surface area contributed by atoms with Crippen LogP contribution in [0.2, 0.25) is 0 Å². The van der Waals surface area contributed by atoms with Gasteiger partial charge in [0.05, 0.1) is 5.56 Å². The number of halogens is 2. The number of hydrazine groups is 2. The number of anilines is 3. The van der Waals surface area contributed by atoms with Crippen molar-refractivity contribution in [2.24, 2.45) is 5.10 Å². The summed E-state index contributed by atoms with van der Waals surface area (Å²) in [4.78, 5) is 4.20. The van der Waals surface area contributed by atoms with Crippen LogP contribution in [0.15, 0.2) is 59.8 Å². The summed E-state index contributed by atoms with van der Waals surface area (Å²) in [6.07, 6.45) is 1.61. The molecule has 0 unspecified atom stereocenters. The van der Waals surface area contributed by atoms with E-state index in [1.165, 1.54) is 17.1 Å². The van der Waals surface area contributed by atoms with Crippen LogP contribution in [0.25, 0.3) is 11.1 Å². The van der Waals surface area contributed by atoms with Crippen molar-refractivity contribution in [2.75, 3.05) is 16.5 Å². The summed E-state index contributed by atoms with van der Waals surface area (Å²) in [5.74, 6) is -1.55. The molecule has 9 heteroatoms. The Balaban J connectivity index is 1.78. The van der Waals surface area contributed by atoms with Crippen LogP contribution in [0.4, 0.5) is 26.0 Å². The van der Waals surface area contributed by atoms with E-state index in [4.69, 9.17) is 11.5 Å². The lowest BCUT2D eigenvalue weighted by molar-refractivity contribution is 0.504. The van der Waals surface area contributed by atoms with Crippen molar-refractivity contribution in [3.63, 3.8) is 0 Å². The van der Waals surface area contributed by atoms with Gasteiger partial charge in [-0.25, -0.2) is 24.3 Å². The molecule has 6 N–H and O–H groups in total. The molecule has 2 heterocycles. The zero-order valence-corrected chi connectivity index (χ0v) is 13.9. The lowest BCUT2D eigenvalue weighted by Gasteiger charge is -2.20. The van der Waals surface area contributed by atoms with Gasteiger partial charge in [-0.1, -0.05) is 18.2 Å². The van der Waals surface area contributed by atoms with Crippen LogP contribution in [0, 0.1) is 11.6 Å². The lowest BCUT2D eigenvalue weighted by Crippen LogP contribution is -2.42. The molecule has 0 amide bonds. The van der Waals surface area contributed by atoms with Crippen LogP contribution in [0.1, 0.15) is 5.56 Å². The van der Waals surface area contributed by atoms with Crippen molar-refractivity contribution in [3.05, 3.63) is 71.9 Å². The second-order valence-electron chi connectivity index (χ2n) is 5.85. The summed E-state index contributed by atoms with van der Waals surface area (Å²) in [6, 6.07) is 12.9. The quantitative estimate of drug-likeness (QED) is 0.530. The highest BCUT2D eigenvalue weighted by molar-refractivity contribution is 6.13. The van der Waals surface area contributed by atoms with Crippen LogP contribution in [-0.2, 0) is 0 Å². The summed E-state index contributed by atoms with van der Waals surface area (Å²) in [5.41, 5.74) is 19.6. The molecule has 0 atom stereocenters. The van der Waals surface area contributed by atoms with E-state index in [0.29, 0.717) is 11.3 Å². The number of amidine groups is 1. The van der Waals surface area contributed by atoms with Crippen molar-refractivity contribution < 1.29 is 8.78 Å². The molecule has 0 spiro atoms. The number of nitrogens with two attached hydrogens (primary N) is 2. The summed E-state index contributed by atoms with van der Waals surface area (Å²) < 4.78 is 27.9. The largest absolute Gasteiger partial charge is 0.399 e. The smallest absolute Gasteiger partial charge is 0.184 e. The molecule has 0 fully saturated rings. The SMILES string of the molecule is Nc1cccc(-c2cnc(N)c(C3=NNNN3c3cccc(F)c3F)c2)c1. The number of hydrazone groups is 1. The average Bonchev–Trinajstić information content (AvgIpc) is 3.13. The Labute approximate surface area is 153 Å². The van der Waals surface area contributed by atoms with Gasteiger partial charge in [-0.2, -0.15) is 0 Å². The molecule has 27 heavy (non-hydrogen) atoms. The van der Waals surface area contributed by atoms with E-state index in [1.807, 2.05) is 12.1 Å². The van der Waals surface area contributed by atoms with Crippen molar-refractivity contribution in [1.82, 2.24) is 16.1 Å². The maximum absolute atomic E-state index is 14.2. The Bertz CT molecular complexity index is 1050. The Morgan fingerprint density at radius 3 is 2.59 bits per heavy atom. The van der Waals surface area contributed by atoms with Crippen LogP contribution < -0.4 is 27.5 Å². The topological polar surface area (TPSA) is 105 Å². The van der Waals surface area contributed by atoms with Gasteiger partial charge < -0.3 is 11.5 Å². The zero-order valence-electron chi connectivity index (χ0n) is 13.9. The molecular weight excluding hydrogens is 352 g/mol. The Morgan fingerprint density at radius 2 is 1.78 bits per heavy atom. The fourth-order valence-electron chi connectivity index (χ4n) is 2.78. The van der Waals surface area contributed by atoms with E-state index in [2.05, 4.69) is 21.2 Å². The van der Waals surface area contributed by atoms with Gasteiger partial charge in [-0.3, -0.25) is 0 Å². The number of aromatic nitrogens is 1. The molecule has 1 aliphatic heterocycles. The minimum Gasteiger partial charge on any atom is -0.399 e. The molecule has 0 radical (unpaired) electrons. The van der Waals surface area contributed by atoms with E-state index < -0.39 is 11.6 Å². The molecule has 0 saturated carbocycles. The number of rotatable bonds is 3. The molecule has 0 saturated heterocycles. The average molecular weight is 367 g/mol. The highest BCUT2D eigenvalue weighted by Crippen LogP contribution is 2.28. The standard InChI is InChI=1S/C18H15F2N7/c19-14-5-2-6-15(16(14)20)27-18(24-25-26-27)13-8-11(9-23-17(13)22)10-3-1-4-12(21)7-10/h1-9,25-26H,21H2,(H2,22,23). The number of benzene rings is 2. The number of nitrogens with one attached hydrogen (secondary N) is 2. The molecule has 0 bridgehead atoms. The van der Waals surface area contributed by atoms with Crippen molar-refractivity contribution in [2.45, 2.75) is 0 Å². The Hall–Kier alpha value is -3.72. The molecular formula is C18H15F2N7. The third-order valence-corrected chi connectivity index (χ3v) is 4.09. The van der Waals surface area contributed by atoms with Crippen molar-refractivity contribution >= 4 is 23.0 Å². The Kier molecular flexibility index (Phi) is 4.05. The predicted octanol–water partition coefficient (Wildman–Crippen LogP) is 2.38. The third kappa shape index (κ3) is 3.00. The molecule has 0 aliphatic carbocycles. The minimum atomic E-state index is -1.01. The van der Waals surface area contributed by atoms with Gasteiger partial charge in [0.25, 0.3) is 0 Å². The summed E-state index contributed by atoms with van der Waals surface area (Å²) in [5, 5.41) is 5.35. The van der Waals surface area contributed by atoms with Crippen molar-refractivity contribution in [3.8, 4) is 11.1 Å². The second-order valence-corrected chi connectivity index (χ2v) is 5.85. The van der Waals surface area contributed by atoms with Crippen LogP contribution in [0.3, 0.4) is 0 Å². The summed E-state index contributed by atoms with van der Waals surface area (Å²) >= 11 is 0. The van der Waals surface area contributed by atoms with Gasteiger partial charge >= 0.3 is 0 Å². The highest BCUT2D eigenvalue weighted by Gasteiger charge is 2.26. The predicted molar refractivity (Wildman–Crippen MR) is 100 cm³/mol. The zero-order chi connectivity index (χ0) is 19.0. The molecule has 1 aromatic heterocycles. The second kappa shape index (κ2) is 6.54. The van der Waals surface area contributed by atoms with Gasteiger partial charge in [0.15, 0.2) is 17.5 Å². The molecule has 7 nitrogen and oxygen atoms in total. The van der Waals surface area contributed by atoms with Gasteiger partial charge in [0, 0.05) is 17.4 Å². The molecule has 4 rings (SSSR count). The lowest BCUT2D eigenvalue weighted by atomic mass is 10.0. The molecule has 1 aliphatic rings.